The Bertz CT molecular complexity index is 1210. The first kappa shape index (κ1) is 26.2. The lowest BCUT2D eigenvalue weighted by atomic mass is 10.0. The van der Waals surface area contributed by atoms with E-state index in [-0.39, 0.29) is 34.7 Å². The second kappa shape index (κ2) is 10.1. The molecule has 1 aromatic heterocycles. The number of fused-ring (bicyclic) bond motifs is 1. The Kier molecular flexibility index (Phi) is 7.56. The van der Waals surface area contributed by atoms with Crippen molar-refractivity contribution in [2.45, 2.75) is 37.6 Å². The van der Waals surface area contributed by atoms with E-state index in [2.05, 4.69) is 4.98 Å². The lowest BCUT2D eigenvalue weighted by molar-refractivity contribution is -0.156. The van der Waals surface area contributed by atoms with Crippen molar-refractivity contribution in [3.05, 3.63) is 62.9 Å². The summed E-state index contributed by atoms with van der Waals surface area (Å²) in [6, 6.07) is 0.902. The molecule has 0 spiro atoms. The highest BCUT2D eigenvalue weighted by molar-refractivity contribution is 6.34. The number of alkyl halides is 3. The predicted molar refractivity (Wildman–Crippen MR) is 117 cm³/mol. The monoisotopic (exact) mass is 532 g/mol. The number of aliphatic carboxylic acids is 1. The number of nitrogens with one attached hydrogen (secondary N) is 1. The highest BCUT2D eigenvalue weighted by Crippen LogP contribution is 2.36. The Hall–Kier alpha value is -3.38. The van der Waals surface area contributed by atoms with Gasteiger partial charge in [0.25, 0.3) is 11.8 Å². The number of pyridine rings is 1. The number of halogens is 5. The lowest BCUT2D eigenvalue weighted by Crippen LogP contribution is -2.45. The van der Waals surface area contributed by atoms with Gasteiger partial charge >= 0.3 is 12.1 Å². The van der Waals surface area contributed by atoms with E-state index in [1.54, 1.807) is 0 Å². The number of rotatable bonds is 8. The van der Waals surface area contributed by atoms with Gasteiger partial charge in [0.2, 0.25) is 5.91 Å². The van der Waals surface area contributed by atoms with E-state index in [1.165, 1.54) is 12.1 Å². The number of carboxylic acid groups (broad SMARTS) is 1. The Morgan fingerprint density at radius 3 is 2.49 bits per heavy atom. The third-order valence-electron chi connectivity index (χ3n) is 5.25. The van der Waals surface area contributed by atoms with Crippen LogP contribution in [0.5, 0.6) is 0 Å². The molecular weight excluding hydrogens is 516 g/mol. The van der Waals surface area contributed by atoms with Gasteiger partial charge in [0, 0.05) is 30.3 Å². The van der Waals surface area contributed by atoms with Crippen LogP contribution < -0.4 is 11.1 Å². The van der Waals surface area contributed by atoms with E-state index in [9.17, 15) is 32.3 Å². The largest absolute Gasteiger partial charge is 0.481 e. The third-order valence-corrected chi connectivity index (χ3v) is 5.76. The van der Waals surface area contributed by atoms with Gasteiger partial charge in [0.05, 0.1) is 15.7 Å². The number of amides is 3. The van der Waals surface area contributed by atoms with E-state index in [0.717, 1.165) is 23.2 Å². The summed E-state index contributed by atoms with van der Waals surface area (Å²) in [5.74, 6) is -3.84. The quantitative estimate of drug-likeness (QED) is 0.476. The molecule has 3 rings (SSSR count). The van der Waals surface area contributed by atoms with Crippen LogP contribution in [0, 0.1) is 0 Å². The molecule has 0 saturated heterocycles. The molecule has 0 fully saturated rings. The summed E-state index contributed by atoms with van der Waals surface area (Å²) >= 11 is 11.5. The van der Waals surface area contributed by atoms with Gasteiger partial charge in [-0.1, -0.05) is 23.2 Å². The second-order valence-corrected chi connectivity index (χ2v) is 8.47. The maximum Gasteiger partial charge on any atom is 0.414 e. The van der Waals surface area contributed by atoms with E-state index < -0.39 is 59.1 Å². The molecule has 0 bridgehead atoms. The lowest BCUT2D eigenvalue weighted by Gasteiger charge is -2.24. The first-order valence-corrected chi connectivity index (χ1v) is 10.7. The zero-order chi connectivity index (χ0) is 26.1. The topological polar surface area (TPSA) is 143 Å². The van der Waals surface area contributed by atoms with Gasteiger partial charge in [-0.15, -0.1) is 0 Å². The fraction of sp³-hybridized carbons (Fsp3) is 0.286. The van der Waals surface area contributed by atoms with Crippen molar-refractivity contribution >= 4 is 46.9 Å². The van der Waals surface area contributed by atoms with Crippen LogP contribution in [-0.2, 0) is 16.1 Å². The molecule has 3 amide bonds. The highest BCUT2D eigenvalue weighted by Gasteiger charge is 2.44. The van der Waals surface area contributed by atoms with Crippen molar-refractivity contribution in [1.29, 1.82) is 0 Å². The van der Waals surface area contributed by atoms with Crippen LogP contribution in [0.4, 0.5) is 13.2 Å². The predicted octanol–water partition coefficient (Wildman–Crippen LogP) is 3.10. The van der Waals surface area contributed by atoms with Gasteiger partial charge in [-0.2, -0.15) is 13.2 Å². The minimum Gasteiger partial charge on any atom is -0.481 e. The number of carbonyl (C=O) groups is 4. The van der Waals surface area contributed by atoms with Gasteiger partial charge in [0.15, 0.2) is 6.04 Å². The maximum absolute atomic E-state index is 13.7. The zero-order valence-electron chi connectivity index (χ0n) is 17.6. The van der Waals surface area contributed by atoms with Crippen LogP contribution in [-0.4, -0.2) is 50.9 Å². The molecule has 0 aliphatic carbocycles. The van der Waals surface area contributed by atoms with Gasteiger partial charge < -0.3 is 21.1 Å². The molecular formula is C21H17Cl2F3N4O5. The summed E-state index contributed by atoms with van der Waals surface area (Å²) in [7, 11) is 0. The summed E-state index contributed by atoms with van der Waals surface area (Å²) in [6.07, 6.45) is -4.62. The molecule has 2 heterocycles. The minimum atomic E-state index is -4.94. The number of benzene rings is 1. The molecule has 1 aromatic carbocycles. The average Bonchev–Trinajstić information content (AvgIpc) is 3.07. The number of nitrogens with zero attached hydrogens (tertiary/aromatic N) is 2. The van der Waals surface area contributed by atoms with Crippen LogP contribution in [0.3, 0.4) is 0 Å². The van der Waals surface area contributed by atoms with Crippen LogP contribution in [0.2, 0.25) is 10.0 Å². The van der Waals surface area contributed by atoms with E-state index in [4.69, 9.17) is 34.0 Å². The van der Waals surface area contributed by atoms with Crippen molar-refractivity contribution < 1.29 is 37.5 Å². The van der Waals surface area contributed by atoms with Crippen molar-refractivity contribution in [1.82, 2.24) is 15.2 Å². The molecule has 1 aliphatic rings. The number of hydrogen-bond donors (Lipinski definition) is 3. The van der Waals surface area contributed by atoms with Crippen molar-refractivity contribution in [3.8, 4) is 0 Å². The Morgan fingerprint density at radius 1 is 1.23 bits per heavy atom. The van der Waals surface area contributed by atoms with Gasteiger partial charge in [-0.25, -0.2) is 0 Å². The second-order valence-electron chi connectivity index (χ2n) is 7.62. The Balaban J connectivity index is 1.85. The van der Waals surface area contributed by atoms with Gasteiger partial charge in [0.1, 0.15) is 6.04 Å². The van der Waals surface area contributed by atoms with E-state index >= 15 is 0 Å². The average molecular weight is 533 g/mol. The van der Waals surface area contributed by atoms with Crippen molar-refractivity contribution in [3.63, 3.8) is 0 Å². The summed E-state index contributed by atoms with van der Waals surface area (Å²) in [4.78, 5) is 52.7. The molecule has 4 N–H and O–H groups in total. The number of hydrogen-bond acceptors (Lipinski definition) is 5. The summed E-state index contributed by atoms with van der Waals surface area (Å²) < 4.78 is 41.1. The molecule has 14 heteroatoms. The van der Waals surface area contributed by atoms with Crippen LogP contribution in [0.15, 0.2) is 30.5 Å². The first-order valence-electron chi connectivity index (χ1n) is 9.93. The fourth-order valence-corrected chi connectivity index (χ4v) is 4.09. The van der Waals surface area contributed by atoms with E-state index in [1.807, 2.05) is 5.32 Å². The highest BCUT2D eigenvalue weighted by atomic mass is 35.5. The van der Waals surface area contributed by atoms with E-state index in [0.29, 0.717) is 0 Å². The normalized spacial score (nSPS) is 14.9. The summed E-state index contributed by atoms with van der Waals surface area (Å²) in [5.41, 5.74) is 4.85. The Morgan fingerprint density at radius 2 is 1.91 bits per heavy atom. The molecule has 1 aliphatic heterocycles. The van der Waals surface area contributed by atoms with Crippen molar-refractivity contribution in [2.24, 2.45) is 5.73 Å². The molecule has 0 unspecified atom stereocenters. The number of primary amides is 1. The SMILES string of the molecule is NC(=O)[C@H](CCC(=O)O)N1Cc2cc(C(=O)N[C@H](c3ncc(Cl)cc3Cl)C(F)(F)F)ccc2C1=O. The zero-order valence-corrected chi connectivity index (χ0v) is 19.1. The van der Waals surface area contributed by atoms with Gasteiger partial charge in [-0.05, 0) is 36.2 Å². The number of nitrogens with two attached hydrogens (primary N) is 1. The molecule has 9 nitrogen and oxygen atoms in total. The smallest absolute Gasteiger partial charge is 0.414 e. The van der Waals surface area contributed by atoms with Crippen molar-refractivity contribution in [2.75, 3.05) is 0 Å². The fourth-order valence-electron chi connectivity index (χ4n) is 3.61. The maximum atomic E-state index is 13.7. The number of carbonyl (C=O) groups excluding carboxylic acids is 3. The number of aromatic nitrogens is 1. The Labute approximate surface area is 206 Å². The summed E-state index contributed by atoms with van der Waals surface area (Å²) in [6.45, 7) is -0.185. The molecule has 0 saturated carbocycles. The standard InChI is InChI=1S/C21H17Cl2F3N4O5/c22-11-6-13(23)16(28-7-11)17(21(24,25)26)29-19(34)9-1-2-12-10(5-9)8-30(20(12)35)14(18(27)33)3-4-15(31)32/h1-2,5-7,14,17H,3-4,8H2,(H2,27,33)(H,29,34)(H,31,32)/t14-,17+/m0/s1. The molecule has 0 radical (unpaired) electrons. The third kappa shape index (κ3) is 5.82. The van der Waals surface area contributed by atoms with Crippen LogP contribution in [0.1, 0.15) is 50.9 Å². The molecule has 35 heavy (non-hydrogen) atoms. The minimum absolute atomic E-state index is 0.0106. The number of carboxylic acids is 1. The first-order chi connectivity index (χ1) is 16.3. The van der Waals surface area contributed by atoms with Crippen LogP contribution >= 0.6 is 23.2 Å². The molecule has 186 valence electrons. The summed E-state index contributed by atoms with van der Waals surface area (Å²) in [5, 5.41) is 10.3. The van der Waals surface area contributed by atoms with Gasteiger partial charge in [-0.3, -0.25) is 24.2 Å². The molecule has 2 atom stereocenters. The molecule has 2 aromatic rings. The van der Waals surface area contributed by atoms with Crippen LogP contribution in [0.25, 0.3) is 0 Å².